The molecule has 0 radical (unpaired) electrons. The van der Waals surface area contributed by atoms with Gasteiger partial charge in [-0.2, -0.15) is 24.4 Å². The van der Waals surface area contributed by atoms with Crippen molar-refractivity contribution < 1.29 is 24.3 Å². The Morgan fingerprint density at radius 3 is 2.29 bits per heavy atom. The molecular weight excluding hydrogens is 482 g/mol. The first-order chi connectivity index (χ1) is 16.2. The third-order valence-electron chi connectivity index (χ3n) is 4.96. The molecule has 192 valence electrons. The molecule has 4 atom stereocenters. The molecule has 0 fully saturated rings. The molecule has 1 aromatic heterocycles. The second-order valence-corrected chi connectivity index (χ2v) is 9.01. The van der Waals surface area contributed by atoms with Crippen LogP contribution in [0.25, 0.3) is 0 Å². The van der Waals surface area contributed by atoms with Gasteiger partial charge in [0.25, 0.3) is 0 Å². The third-order valence-corrected chi connectivity index (χ3v) is 5.97. The summed E-state index contributed by atoms with van der Waals surface area (Å²) >= 11 is 5.58. The number of rotatable bonds is 17. The van der Waals surface area contributed by atoms with Crippen LogP contribution >= 0.6 is 24.4 Å². The number of carbonyl (C=O) groups is 4. The summed E-state index contributed by atoms with van der Waals surface area (Å²) in [6.07, 6.45) is 6.91. The van der Waals surface area contributed by atoms with Crippen LogP contribution in [0.3, 0.4) is 0 Å². The maximum atomic E-state index is 13.0. The van der Waals surface area contributed by atoms with E-state index in [1.165, 1.54) is 24.3 Å². The number of amides is 3. The van der Waals surface area contributed by atoms with Crippen molar-refractivity contribution in [1.82, 2.24) is 25.9 Å². The van der Waals surface area contributed by atoms with E-state index in [0.29, 0.717) is 30.8 Å². The second-order valence-electron chi connectivity index (χ2n) is 7.66. The zero-order valence-corrected chi connectivity index (χ0v) is 20.9. The van der Waals surface area contributed by atoms with Gasteiger partial charge in [-0.1, -0.05) is 6.42 Å². The van der Waals surface area contributed by atoms with E-state index in [1.54, 1.807) is 0 Å². The van der Waals surface area contributed by atoms with E-state index >= 15 is 0 Å². The number of aromatic nitrogens is 2. The maximum Gasteiger partial charge on any atom is 0.326 e. The molecule has 14 heteroatoms. The number of imidazole rings is 1. The highest BCUT2D eigenvalue weighted by molar-refractivity contribution is 7.98. The number of nitrogens with two attached hydrogens (primary N) is 2. The van der Waals surface area contributed by atoms with Gasteiger partial charge in [-0.15, -0.1) is 0 Å². The standard InChI is InChI=1S/C20H35N7O5S2/c1-34-7-5-14(20(31)32)25-19(30)16(10-33)27-18(29)15(8-12-9-23-11-24-12)26-17(28)13(22)4-2-3-6-21/h9,11,13-16,33H,2-8,10,21-22H2,1H3,(H,23,24)(H,25,30)(H,26,28)(H,27,29)(H,31,32). The highest BCUT2D eigenvalue weighted by Crippen LogP contribution is 2.05. The lowest BCUT2D eigenvalue weighted by molar-refractivity contribution is -0.142. The summed E-state index contributed by atoms with van der Waals surface area (Å²) in [4.78, 5) is 56.4. The van der Waals surface area contributed by atoms with Crippen molar-refractivity contribution in [1.29, 1.82) is 0 Å². The van der Waals surface area contributed by atoms with Crippen LogP contribution in [0.15, 0.2) is 12.5 Å². The zero-order chi connectivity index (χ0) is 25.5. The first kappa shape index (κ1) is 29.7. The van der Waals surface area contributed by atoms with E-state index in [0.717, 1.165) is 6.42 Å². The highest BCUT2D eigenvalue weighted by atomic mass is 32.2. The number of nitrogens with one attached hydrogen (secondary N) is 4. The Labute approximate surface area is 208 Å². The van der Waals surface area contributed by atoms with Gasteiger partial charge in [0, 0.05) is 24.1 Å². The molecule has 1 heterocycles. The fourth-order valence-electron chi connectivity index (χ4n) is 2.98. The number of carboxylic acid groups (broad SMARTS) is 1. The number of hydrogen-bond donors (Lipinski definition) is 8. The number of unbranched alkanes of at least 4 members (excludes halogenated alkanes) is 1. The maximum absolute atomic E-state index is 13.0. The van der Waals surface area contributed by atoms with Crippen LogP contribution in [0.5, 0.6) is 0 Å². The number of H-pyrrole nitrogens is 1. The number of aliphatic carboxylic acids is 1. The molecule has 1 aromatic rings. The quantitative estimate of drug-likeness (QED) is 0.0905. The van der Waals surface area contributed by atoms with Crippen LogP contribution in [0.1, 0.15) is 31.4 Å². The van der Waals surface area contributed by atoms with Crippen LogP contribution in [-0.4, -0.2) is 87.2 Å². The lowest BCUT2D eigenvalue weighted by Crippen LogP contribution is -2.58. The van der Waals surface area contributed by atoms with Gasteiger partial charge in [0.1, 0.15) is 18.1 Å². The Morgan fingerprint density at radius 1 is 1.09 bits per heavy atom. The smallest absolute Gasteiger partial charge is 0.326 e. The number of hydrogen-bond acceptors (Lipinski definition) is 9. The average Bonchev–Trinajstić information content (AvgIpc) is 3.32. The minimum atomic E-state index is -1.17. The molecule has 4 unspecified atom stereocenters. The molecule has 0 aliphatic carbocycles. The minimum Gasteiger partial charge on any atom is -0.480 e. The van der Waals surface area contributed by atoms with Crippen molar-refractivity contribution in [3.8, 4) is 0 Å². The molecule has 34 heavy (non-hydrogen) atoms. The van der Waals surface area contributed by atoms with Gasteiger partial charge >= 0.3 is 5.97 Å². The number of thiol groups is 1. The van der Waals surface area contributed by atoms with E-state index < -0.39 is 47.9 Å². The van der Waals surface area contributed by atoms with Crippen LogP contribution in [0, 0.1) is 0 Å². The second kappa shape index (κ2) is 16.4. The Kier molecular flexibility index (Phi) is 14.3. The van der Waals surface area contributed by atoms with Gasteiger partial charge in [0.05, 0.1) is 12.4 Å². The Hall–Kier alpha value is -2.29. The molecule has 0 aromatic carbocycles. The Balaban J connectivity index is 2.86. The summed E-state index contributed by atoms with van der Waals surface area (Å²) in [7, 11) is 0. The number of thioether (sulfide) groups is 1. The highest BCUT2D eigenvalue weighted by Gasteiger charge is 2.30. The summed E-state index contributed by atoms with van der Waals surface area (Å²) < 4.78 is 0. The summed E-state index contributed by atoms with van der Waals surface area (Å²) in [5.74, 6) is -2.52. The molecule has 0 saturated heterocycles. The Bertz CT molecular complexity index is 781. The molecular formula is C20H35N7O5S2. The van der Waals surface area contributed by atoms with E-state index in [4.69, 9.17) is 11.5 Å². The third kappa shape index (κ3) is 10.8. The van der Waals surface area contributed by atoms with E-state index in [-0.39, 0.29) is 18.6 Å². The normalized spacial score (nSPS) is 14.5. The lowest BCUT2D eigenvalue weighted by Gasteiger charge is -2.24. The lowest BCUT2D eigenvalue weighted by atomic mass is 10.1. The van der Waals surface area contributed by atoms with Crippen molar-refractivity contribution in [3.63, 3.8) is 0 Å². The molecule has 9 N–H and O–H groups in total. The fraction of sp³-hybridized carbons (Fsp3) is 0.650. The molecule has 0 bridgehead atoms. The number of nitrogens with zero attached hydrogens (tertiary/aromatic N) is 1. The Morgan fingerprint density at radius 2 is 1.74 bits per heavy atom. The number of aromatic amines is 1. The molecule has 12 nitrogen and oxygen atoms in total. The monoisotopic (exact) mass is 517 g/mol. The van der Waals surface area contributed by atoms with Crippen LogP contribution in [0.4, 0.5) is 0 Å². The van der Waals surface area contributed by atoms with Gasteiger partial charge in [0.2, 0.25) is 17.7 Å². The molecule has 3 amide bonds. The number of carbonyl (C=O) groups excluding carboxylic acids is 3. The van der Waals surface area contributed by atoms with Gasteiger partial charge in [-0.25, -0.2) is 9.78 Å². The van der Waals surface area contributed by atoms with Crippen molar-refractivity contribution in [2.45, 2.75) is 56.3 Å². The van der Waals surface area contributed by atoms with E-state index in [9.17, 15) is 24.3 Å². The summed E-state index contributed by atoms with van der Waals surface area (Å²) in [6, 6.07) is -4.06. The molecule has 0 saturated carbocycles. The van der Waals surface area contributed by atoms with Gasteiger partial charge in [-0.3, -0.25) is 14.4 Å². The van der Waals surface area contributed by atoms with Crippen LogP contribution in [0.2, 0.25) is 0 Å². The van der Waals surface area contributed by atoms with E-state index in [2.05, 4.69) is 38.5 Å². The summed E-state index contributed by atoms with van der Waals surface area (Å²) in [5.41, 5.74) is 12.0. The van der Waals surface area contributed by atoms with Gasteiger partial charge in [0.15, 0.2) is 0 Å². The fourth-order valence-corrected chi connectivity index (χ4v) is 3.70. The van der Waals surface area contributed by atoms with Gasteiger partial charge < -0.3 is 37.5 Å². The minimum absolute atomic E-state index is 0.0736. The molecule has 0 spiro atoms. The van der Waals surface area contributed by atoms with Crippen molar-refractivity contribution >= 4 is 48.1 Å². The first-order valence-corrected chi connectivity index (χ1v) is 12.9. The zero-order valence-electron chi connectivity index (χ0n) is 19.2. The largest absolute Gasteiger partial charge is 0.480 e. The summed E-state index contributed by atoms with van der Waals surface area (Å²) in [6.45, 7) is 0.492. The predicted molar refractivity (Wildman–Crippen MR) is 133 cm³/mol. The van der Waals surface area contributed by atoms with Crippen LogP contribution < -0.4 is 27.4 Å². The molecule has 0 aliphatic heterocycles. The van der Waals surface area contributed by atoms with Gasteiger partial charge in [-0.05, 0) is 37.8 Å². The average molecular weight is 518 g/mol. The van der Waals surface area contributed by atoms with Crippen molar-refractivity contribution in [3.05, 3.63) is 18.2 Å². The topological polar surface area (TPSA) is 205 Å². The predicted octanol–water partition coefficient (Wildman–Crippen LogP) is -1.37. The summed E-state index contributed by atoms with van der Waals surface area (Å²) in [5, 5.41) is 16.9. The van der Waals surface area contributed by atoms with Crippen molar-refractivity contribution in [2.75, 3.05) is 24.3 Å². The van der Waals surface area contributed by atoms with Crippen molar-refractivity contribution in [2.24, 2.45) is 11.5 Å². The number of carboxylic acids is 1. The van der Waals surface area contributed by atoms with E-state index in [1.807, 2.05) is 6.26 Å². The molecule has 0 aliphatic rings. The molecule has 1 rings (SSSR count). The SMILES string of the molecule is CSCCC(NC(=O)C(CS)NC(=O)C(Cc1cnc[nH]1)NC(=O)C(N)CCCCN)C(=O)O. The first-order valence-electron chi connectivity index (χ1n) is 10.9. The van der Waals surface area contributed by atoms with Crippen LogP contribution in [-0.2, 0) is 25.6 Å².